The maximum Gasteiger partial charge on any atom is 0.243 e. The molecule has 0 amide bonds. The van der Waals surface area contributed by atoms with E-state index in [-0.39, 0.29) is 6.04 Å². The highest BCUT2D eigenvalue weighted by Crippen LogP contribution is 2.41. The second-order valence-electron chi connectivity index (χ2n) is 6.10. The van der Waals surface area contributed by atoms with E-state index in [4.69, 9.17) is 10.3 Å². The van der Waals surface area contributed by atoms with Crippen molar-refractivity contribution in [1.29, 1.82) is 0 Å². The van der Waals surface area contributed by atoms with Crippen LogP contribution < -0.4 is 5.73 Å². The van der Waals surface area contributed by atoms with Crippen LogP contribution in [0.25, 0.3) is 0 Å². The largest absolute Gasteiger partial charge is 0.338 e. The molecule has 106 valence electrons. The molecule has 3 unspecified atom stereocenters. The SMILES string of the molecule is CCCC(N)c1nc(C2CC3CCC(C2)N3C)no1. The topological polar surface area (TPSA) is 68.2 Å². The van der Waals surface area contributed by atoms with Crippen molar-refractivity contribution < 1.29 is 4.52 Å². The first-order valence-corrected chi connectivity index (χ1v) is 7.50. The number of piperidine rings is 1. The molecule has 0 radical (unpaired) electrons. The molecule has 0 aliphatic carbocycles. The van der Waals surface area contributed by atoms with Crippen molar-refractivity contribution in [3.8, 4) is 0 Å². The lowest BCUT2D eigenvalue weighted by molar-refractivity contribution is 0.157. The standard InChI is InChI=1S/C14H24N4O/c1-3-4-12(15)14-16-13(17-19-14)9-7-10-5-6-11(8-9)18(10)2/h9-12H,3-8,15H2,1-2H3. The first-order valence-electron chi connectivity index (χ1n) is 7.50. The van der Waals surface area contributed by atoms with Gasteiger partial charge in [-0.25, -0.2) is 0 Å². The van der Waals surface area contributed by atoms with E-state index in [2.05, 4.69) is 29.0 Å². The fourth-order valence-corrected chi connectivity index (χ4v) is 3.62. The summed E-state index contributed by atoms with van der Waals surface area (Å²) < 4.78 is 5.35. The monoisotopic (exact) mass is 264 g/mol. The van der Waals surface area contributed by atoms with Gasteiger partial charge in [-0.1, -0.05) is 18.5 Å². The normalized spacial score (nSPS) is 32.7. The summed E-state index contributed by atoms with van der Waals surface area (Å²) in [7, 11) is 2.25. The third kappa shape index (κ3) is 2.41. The maximum atomic E-state index is 6.03. The molecule has 2 N–H and O–H groups in total. The molecule has 3 rings (SSSR count). The minimum Gasteiger partial charge on any atom is -0.338 e. The number of fused-ring (bicyclic) bond motifs is 2. The molecule has 0 saturated carbocycles. The summed E-state index contributed by atoms with van der Waals surface area (Å²) in [6.45, 7) is 2.12. The number of aromatic nitrogens is 2. The van der Waals surface area contributed by atoms with Gasteiger partial charge in [-0.3, -0.25) is 0 Å². The Morgan fingerprint density at radius 2 is 2.05 bits per heavy atom. The lowest BCUT2D eigenvalue weighted by atomic mass is 9.90. The van der Waals surface area contributed by atoms with Crippen LogP contribution in [0.15, 0.2) is 4.52 Å². The smallest absolute Gasteiger partial charge is 0.243 e. The van der Waals surface area contributed by atoms with Gasteiger partial charge in [0, 0.05) is 18.0 Å². The summed E-state index contributed by atoms with van der Waals surface area (Å²) in [5, 5.41) is 4.18. The molecule has 2 saturated heterocycles. The van der Waals surface area contributed by atoms with Crippen LogP contribution in [0.2, 0.25) is 0 Å². The van der Waals surface area contributed by atoms with E-state index in [1.807, 2.05) is 0 Å². The van der Waals surface area contributed by atoms with Crippen LogP contribution in [-0.2, 0) is 0 Å². The quantitative estimate of drug-likeness (QED) is 0.903. The van der Waals surface area contributed by atoms with E-state index in [1.54, 1.807) is 0 Å². The first-order chi connectivity index (χ1) is 9.19. The minimum atomic E-state index is -0.103. The number of nitrogens with zero attached hydrogens (tertiary/aromatic N) is 3. The number of hydrogen-bond acceptors (Lipinski definition) is 5. The van der Waals surface area contributed by atoms with Crippen molar-refractivity contribution in [2.24, 2.45) is 5.73 Å². The Balaban J connectivity index is 1.70. The van der Waals surface area contributed by atoms with Crippen LogP contribution in [0.5, 0.6) is 0 Å². The summed E-state index contributed by atoms with van der Waals surface area (Å²) in [6, 6.07) is 1.30. The van der Waals surface area contributed by atoms with E-state index in [9.17, 15) is 0 Å². The highest BCUT2D eigenvalue weighted by molar-refractivity contribution is 5.06. The number of rotatable bonds is 4. The van der Waals surface area contributed by atoms with E-state index >= 15 is 0 Å². The fraction of sp³-hybridized carbons (Fsp3) is 0.857. The Labute approximate surface area is 114 Å². The Morgan fingerprint density at radius 3 is 2.68 bits per heavy atom. The highest BCUT2D eigenvalue weighted by atomic mass is 16.5. The van der Waals surface area contributed by atoms with Gasteiger partial charge >= 0.3 is 0 Å². The van der Waals surface area contributed by atoms with Crippen molar-refractivity contribution >= 4 is 0 Å². The molecule has 2 aliphatic rings. The zero-order valence-corrected chi connectivity index (χ0v) is 11.9. The van der Waals surface area contributed by atoms with Crippen molar-refractivity contribution in [3.05, 3.63) is 11.7 Å². The zero-order valence-electron chi connectivity index (χ0n) is 11.9. The van der Waals surface area contributed by atoms with Crippen LogP contribution in [0.4, 0.5) is 0 Å². The van der Waals surface area contributed by atoms with E-state index in [1.165, 1.54) is 12.8 Å². The van der Waals surface area contributed by atoms with Gasteiger partial charge in [0.25, 0.3) is 0 Å². The summed E-state index contributed by atoms with van der Waals surface area (Å²) in [5.74, 6) is 1.95. The zero-order chi connectivity index (χ0) is 13.4. The van der Waals surface area contributed by atoms with Gasteiger partial charge in [0.2, 0.25) is 5.89 Å². The van der Waals surface area contributed by atoms with Gasteiger partial charge in [-0.2, -0.15) is 4.98 Å². The third-order valence-corrected chi connectivity index (χ3v) is 4.84. The van der Waals surface area contributed by atoms with Crippen LogP contribution in [-0.4, -0.2) is 34.2 Å². The Hall–Kier alpha value is -0.940. The highest BCUT2D eigenvalue weighted by Gasteiger charge is 2.40. The van der Waals surface area contributed by atoms with Gasteiger partial charge in [0.05, 0.1) is 6.04 Å². The predicted molar refractivity (Wildman–Crippen MR) is 72.7 cm³/mol. The molecule has 2 fully saturated rings. The Morgan fingerprint density at radius 1 is 1.37 bits per heavy atom. The molecular weight excluding hydrogens is 240 g/mol. The third-order valence-electron chi connectivity index (χ3n) is 4.84. The summed E-state index contributed by atoms with van der Waals surface area (Å²) in [6.07, 6.45) is 6.90. The summed E-state index contributed by atoms with van der Waals surface area (Å²) >= 11 is 0. The van der Waals surface area contributed by atoms with E-state index in [0.29, 0.717) is 23.9 Å². The van der Waals surface area contributed by atoms with Gasteiger partial charge in [-0.15, -0.1) is 0 Å². The summed E-state index contributed by atoms with van der Waals surface area (Å²) in [4.78, 5) is 7.08. The maximum absolute atomic E-state index is 6.03. The Kier molecular flexibility index (Phi) is 3.58. The molecule has 1 aromatic heterocycles. The van der Waals surface area contributed by atoms with Crippen LogP contribution in [0.3, 0.4) is 0 Å². The van der Waals surface area contributed by atoms with Crippen molar-refractivity contribution in [1.82, 2.24) is 15.0 Å². The molecule has 2 bridgehead atoms. The fourth-order valence-electron chi connectivity index (χ4n) is 3.62. The average Bonchev–Trinajstić information content (AvgIpc) is 2.93. The van der Waals surface area contributed by atoms with Crippen LogP contribution >= 0.6 is 0 Å². The number of nitrogens with two attached hydrogens (primary N) is 1. The summed E-state index contributed by atoms with van der Waals surface area (Å²) in [5.41, 5.74) is 6.03. The molecule has 5 nitrogen and oxygen atoms in total. The number of hydrogen-bond donors (Lipinski definition) is 1. The second kappa shape index (κ2) is 5.21. The molecule has 19 heavy (non-hydrogen) atoms. The van der Waals surface area contributed by atoms with E-state index in [0.717, 1.165) is 31.5 Å². The van der Waals surface area contributed by atoms with Gasteiger partial charge < -0.3 is 15.2 Å². The second-order valence-corrected chi connectivity index (χ2v) is 6.10. The predicted octanol–water partition coefficient (Wildman–Crippen LogP) is 2.21. The molecule has 2 aliphatic heterocycles. The van der Waals surface area contributed by atoms with Crippen molar-refractivity contribution in [2.45, 2.75) is 69.5 Å². The molecule has 0 spiro atoms. The van der Waals surface area contributed by atoms with Gasteiger partial charge in [0.1, 0.15) is 0 Å². The minimum absolute atomic E-state index is 0.103. The van der Waals surface area contributed by atoms with Crippen LogP contribution in [0, 0.1) is 0 Å². The Bertz CT molecular complexity index is 419. The molecular formula is C14H24N4O. The lowest BCUT2D eigenvalue weighted by Gasteiger charge is -2.34. The van der Waals surface area contributed by atoms with Crippen molar-refractivity contribution in [3.63, 3.8) is 0 Å². The molecule has 1 aromatic rings. The molecule has 5 heteroatoms. The average molecular weight is 264 g/mol. The molecule has 3 heterocycles. The van der Waals surface area contributed by atoms with Crippen LogP contribution in [0.1, 0.15) is 69.1 Å². The lowest BCUT2D eigenvalue weighted by Crippen LogP contribution is -2.39. The first kappa shape index (κ1) is 13.1. The van der Waals surface area contributed by atoms with E-state index < -0.39 is 0 Å². The molecule has 0 aromatic carbocycles. The van der Waals surface area contributed by atoms with Gasteiger partial charge in [0.15, 0.2) is 5.82 Å². The van der Waals surface area contributed by atoms with Gasteiger partial charge in [-0.05, 0) is 39.2 Å². The van der Waals surface area contributed by atoms with Crippen molar-refractivity contribution in [2.75, 3.05) is 7.05 Å². The molecule has 3 atom stereocenters.